The number of benzene rings is 3. The second-order valence-corrected chi connectivity index (χ2v) is 7.03. The first kappa shape index (κ1) is 19.8. The van der Waals surface area contributed by atoms with Crippen molar-refractivity contribution >= 4 is 29.0 Å². The van der Waals surface area contributed by atoms with Crippen molar-refractivity contribution in [2.75, 3.05) is 18.9 Å². The predicted octanol–water partition coefficient (Wildman–Crippen LogP) is 4.64. The number of likely N-dealkylation sites (N-methyl/N-ethyl adjacent to an activating group) is 1. The molecule has 1 amide bonds. The highest BCUT2D eigenvalue weighted by molar-refractivity contribution is 6.31. The summed E-state index contributed by atoms with van der Waals surface area (Å²) >= 11 is 6.09. The molecule has 142 valence electrons. The molecule has 3 aromatic rings. The van der Waals surface area contributed by atoms with Gasteiger partial charge in [0, 0.05) is 22.7 Å². The van der Waals surface area contributed by atoms with Crippen LogP contribution in [0.4, 0.5) is 5.69 Å². The molecule has 0 saturated heterocycles. The van der Waals surface area contributed by atoms with E-state index in [4.69, 9.17) is 11.6 Å². The quantitative estimate of drug-likeness (QED) is 0.596. The summed E-state index contributed by atoms with van der Waals surface area (Å²) < 4.78 is 0. The molecule has 0 aliphatic rings. The second-order valence-electron chi connectivity index (χ2n) is 6.59. The predicted molar refractivity (Wildman–Crippen MR) is 113 cm³/mol. The van der Waals surface area contributed by atoms with E-state index in [0.717, 1.165) is 5.56 Å². The van der Waals surface area contributed by atoms with Crippen LogP contribution in [0.3, 0.4) is 0 Å². The SMILES string of the molecule is CN(CC(=O)Nc1ccc(Cl)cc1C(=O)c1ccccc1)Cc1ccccc1. The molecular weight excluding hydrogens is 372 g/mol. The van der Waals surface area contributed by atoms with Crippen molar-refractivity contribution in [2.24, 2.45) is 0 Å². The average molecular weight is 393 g/mol. The van der Waals surface area contributed by atoms with Crippen LogP contribution in [-0.2, 0) is 11.3 Å². The zero-order chi connectivity index (χ0) is 19.9. The Morgan fingerprint density at radius 3 is 2.25 bits per heavy atom. The molecule has 0 aliphatic carbocycles. The van der Waals surface area contributed by atoms with E-state index in [0.29, 0.717) is 28.4 Å². The molecule has 0 unspecified atom stereocenters. The summed E-state index contributed by atoms with van der Waals surface area (Å²) in [4.78, 5) is 27.3. The van der Waals surface area contributed by atoms with Crippen molar-refractivity contribution in [1.29, 1.82) is 0 Å². The highest BCUT2D eigenvalue weighted by Crippen LogP contribution is 2.23. The van der Waals surface area contributed by atoms with Crippen LogP contribution in [0.2, 0.25) is 5.02 Å². The summed E-state index contributed by atoms with van der Waals surface area (Å²) in [5.74, 6) is -0.376. The molecule has 3 rings (SSSR count). The lowest BCUT2D eigenvalue weighted by Gasteiger charge is -2.17. The summed E-state index contributed by atoms with van der Waals surface area (Å²) in [5.41, 5.74) is 2.50. The Morgan fingerprint density at radius 2 is 1.57 bits per heavy atom. The van der Waals surface area contributed by atoms with E-state index < -0.39 is 0 Å². The van der Waals surface area contributed by atoms with Crippen molar-refractivity contribution in [2.45, 2.75) is 6.54 Å². The highest BCUT2D eigenvalue weighted by Gasteiger charge is 2.16. The van der Waals surface area contributed by atoms with Crippen LogP contribution in [0.1, 0.15) is 21.5 Å². The van der Waals surface area contributed by atoms with Crippen LogP contribution in [0.25, 0.3) is 0 Å². The lowest BCUT2D eigenvalue weighted by atomic mass is 10.0. The molecule has 0 radical (unpaired) electrons. The fourth-order valence-corrected chi connectivity index (χ4v) is 3.12. The van der Waals surface area contributed by atoms with Gasteiger partial charge in [-0.1, -0.05) is 72.3 Å². The number of nitrogens with zero attached hydrogens (tertiary/aromatic N) is 1. The molecule has 0 aromatic heterocycles. The molecule has 0 saturated carbocycles. The molecule has 5 heteroatoms. The van der Waals surface area contributed by atoms with E-state index in [2.05, 4.69) is 5.32 Å². The van der Waals surface area contributed by atoms with Crippen molar-refractivity contribution in [3.63, 3.8) is 0 Å². The van der Waals surface area contributed by atoms with Gasteiger partial charge in [-0.3, -0.25) is 14.5 Å². The summed E-state index contributed by atoms with van der Waals surface area (Å²) in [6.45, 7) is 0.862. The van der Waals surface area contributed by atoms with Crippen LogP contribution >= 0.6 is 11.6 Å². The normalized spacial score (nSPS) is 10.7. The molecular formula is C23H21ClN2O2. The molecule has 0 fully saturated rings. The number of amides is 1. The fourth-order valence-electron chi connectivity index (χ4n) is 2.94. The molecule has 0 bridgehead atoms. The van der Waals surface area contributed by atoms with E-state index in [1.165, 1.54) is 0 Å². The third kappa shape index (κ3) is 5.28. The lowest BCUT2D eigenvalue weighted by Crippen LogP contribution is -2.30. The number of hydrogen-bond acceptors (Lipinski definition) is 3. The number of rotatable bonds is 7. The largest absolute Gasteiger partial charge is 0.324 e. The minimum Gasteiger partial charge on any atom is -0.324 e. The van der Waals surface area contributed by atoms with E-state index in [9.17, 15) is 9.59 Å². The van der Waals surface area contributed by atoms with Gasteiger partial charge < -0.3 is 5.32 Å². The Labute approximate surface area is 169 Å². The third-order valence-electron chi connectivity index (χ3n) is 4.25. The number of carbonyl (C=O) groups excluding carboxylic acids is 2. The van der Waals surface area contributed by atoms with E-state index in [1.54, 1.807) is 42.5 Å². The van der Waals surface area contributed by atoms with Gasteiger partial charge in [-0.05, 0) is 30.8 Å². The third-order valence-corrected chi connectivity index (χ3v) is 4.48. The lowest BCUT2D eigenvalue weighted by molar-refractivity contribution is -0.117. The molecule has 0 atom stereocenters. The number of hydrogen-bond donors (Lipinski definition) is 1. The summed E-state index contributed by atoms with van der Waals surface area (Å²) in [6, 6.07) is 23.8. The van der Waals surface area contributed by atoms with Crippen molar-refractivity contribution in [3.05, 3.63) is 101 Å². The van der Waals surface area contributed by atoms with Gasteiger partial charge in [-0.25, -0.2) is 0 Å². The number of anilines is 1. The van der Waals surface area contributed by atoms with Crippen LogP contribution in [-0.4, -0.2) is 30.2 Å². The second kappa shape index (κ2) is 9.31. The van der Waals surface area contributed by atoms with Gasteiger partial charge in [-0.15, -0.1) is 0 Å². The highest BCUT2D eigenvalue weighted by atomic mass is 35.5. The van der Waals surface area contributed by atoms with Gasteiger partial charge >= 0.3 is 0 Å². The van der Waals surface area contributed by atoms with Gasteiger partial charge in [0.2, 0.25) is 5.91 Å². The summed E-state index contributed by atoms with van der Waals surface area (Å²) in [6.07, 6.45) is 0. The van der Waals surface area contributed by atoms with Gasteiger partial charge in [0.05, 0.1) is 12.2 Å². The Hall–Kier alpha value is -2.95. The average Bonchev–Trinajstić information content (AvgIpc) is 2.70. The fraction of sp³-hybridized carbons (Fsp3) is 0.130. The zero-order valence-electron chi connectivity index (χ0n) is 15.6. The molecule has 3 aromatic carbocycles. The smallest absolute Gasteiger partial charge is 0.238 e. The topological polar surface area (TPSA) is 49.4 Å². The zero-order valence-corrected chi connectivity index (χ0v) is 16.3. The van der Waals surface area contributed by atoms with Gasteiger partial charge in [0.25, 0.3) is 0 Å². The van der Waals surface area contributed by atoms with Crippen molar-refractivity contribution in [1.82, 2.24) is 4.90 Å². The van der Waals surface area contributed by atoms with E-state index in [1.807, 2.05) is 48.3 Å². The first-order chi connectivity index (χ1) is 13.5. The number of halogens is 1. The van der Waals surface area contributed by atoms with Crippen molar-refractivity contribution in [3.8, 4) is 0 Å². The monoisotopic (exact) mass is 392 g/mol. The Kier molecular flexibility index (Phi) is 6.58. The van der Waals surface area contributed by atoms with Crippen LogP contribution < -0.4 is 5.32 Å². The summed E-state index contributed by atoms with van der Waals surface area (Å²) in [5, 5.41) is 3.29. The minimum absolute atomic E-state index is 0.184. The first-order valence-electron chi connectivity index (χ1n) is 8.94. The molecule has 0 spiro atoms. The van der Waals surface area contributed by atoms with Gasteiger partial charge in [0.15, 0.2) is 5.78 Å². The molecule has 0 heterocycles. The van der Waals surface area contributed by atoms with Crippen LogP contribution in [0.5, 0.6) is 0 Å². The maximum absolute atomic E-state index is 12.8. The molecule has 0 aliphatic heterocycles. The van der Waals surface area contributed by atoms with Crippen LogP contribution in [0, 0.1) is 0 Å². The van der Waals surface area contributed by atoms with E-state index >= 15 is 0 Å². The molecule has 1 N–H and O–H groups in total. The van der Waals surface area contributed by atoms with Gasteiger partial charge in [-0.2, -0.15) is 0 Å². The minimum atomic E-state index is -0.192. The Bertz CT molecular complexity index is 959. The molecule has 28 heavy (non-hydrogen) atoms. The van der Waals surface area contributed by atoms with Gasteiger partial charge in [0.1, 0.15) is 0 Å². The maximum atomic E-state index is 12.8. The van der Waals surface area contributed by atoms with Crippen molar-refractivity contribution < 1.29 is 9.59 Å². The number of nitrogens with one attached hydrogen (secondary N) is 1. The Morgan fingerprint density at radius 1 is 0.929 bits per heavy atom. The van der Waals surface area contributed by atoms with Crippen LogP contribution in [0.15, 0.2) is 78.9 Å². The maximum Gasteiger partial charge on any atom is 0.238 e. The standard InChI is InChI=1S/C23H21ClN2O2/c1-26(15-17-8-4-2-5-9-17)16-22(27)25-21-13-12-19(24)14-20(21)23(28)18-10-6-3-7-11-18/h2-14H,15-16H2,1H3,(H,25,27). The number of carbonyl (C=O) groups is 2. The number of ketones is 1. The van der Waals surface area contributed by atoms with E-state index in [-0.39, 0.29) is 18.2 Å². The summed E-state index contributed by atoms with van der Waals surface area (Å²) in [7, 11) is 1.88. The molecule has 4 nitrogen and oxygen atoms in total. The Balaban J connectivity index is 1.71. The first-order valence-corrected chi connectivity index (χ1v) is 9.32.